The molecule has 96 valence electrons. The highest BCUT2D eigenvalue weighted by Gasteiger charge is 2.13. The summed E-state index contributed by atoms with van der Waals surface area (Å²) in [5, 5.41) is 17.4. The molecule has 1 aromatic rings. The SMILES string of the molecule is CCOC(=O)/C(N=Nc1ccc(Cl)cc1)=C(\C)O. The number of hydrogen-bond acceptors (Lipinski definition) is 5. The highest BCUT2D eigenvalue weighted by Crippen LogP contribution is 2.18. The maximum Gasteiger partial charge on any atom is 0.362 e. The molecular formula is C12H13ClN2O3. The van der Waals surface area contributed by atoms with Gasteiger partial charge in [-0.3, -0.25) is 0 Å². The maximum absolute atomic E-state index is 11.4. The molecule has 1 N–H and O–H groups in total. The largest absolute Gasteiger partial charge is 0.510 e. The van der Waals surface area contributed by atoms with Crippen molar-refractivity contribution in [2.75, 3.05) is 6.61 Å². The minimum atomic E-state index is -0.713. The number of hydrogen-bond donors (Lipinski definition) is 1. The van der Waals surface area contributed by atoms with Crippen LogP contribution in [0, 0.1) is 0 Å². The van der Waals surface area contributed by atoms with Crippen LogP contribution in [0.15, 0.2) is 46.0 Å². The third-order valence-electron chi connectivity index (χ3n) is 1.90. The number of azo groups is 1. The van der Waals surface area contributed by atoms with E-state index in [-0.39, 0.29) is 18.1 Å². The summed E-state index contributed by atoms with van der Waals surface area (Å²) in [5.41, 5.74) is 0.300. The zero-order chi connectivity index (χ0) is 13.5. The Hall–Kier alpha value is -1.88. The Morgan fingerprint density at radius 2 is 2.00 bits per heavy atom. The number of esters is 1. The molecule has 18 heavy (non-hydrogen) atoms. The number of nitrogens with zero attached hydrogens (tertiary/aromatic N) is 2. The van der Waals surface area contributed by atoms with E-state index >= 15 is 0 Å². The summed E-state index contributed by atoms with van der Waals surface area (Å²) in [7, 11) is 0. The van der Waals surface area contributed by atoms with E-state index in [0.717, 1.165) is 0 Å². The average molecular weight is 269 g/mol. The van der Waals surface area contributed by atoms with Crippen molar-refractivity contribution in [3.63, 3.8) is 0 Å². The van der Waals surface area contributed by atoms with Crippen LogP contribution in [0.4, 0.5) is 5.69 Å². The summed E-state index contributed by atoms with van der Waals surface area (Å²) in [6, 6.07) is 6.58. The molecule has 0 atom stereocenters. The standard InChI is InChI=1S/C12H13ClN2O3/c1-3-18-12(17)11(8(2)16)15-14-10-6-4-9(13)5-7-10/h4-7,16H,3H2,1-2H3/b11-8-,15-14?. The number of carbonyl (C=O) groups excluding carboxylic acids is 1. The fraction of sp³-hybridized carbons (Fsp3) is 0.250. The molecule has 0 amide bonds. The second kappa shape index (κ2) is 6.76. The van der Waals surface area contributed by atoms with Crippen LogP contribution in [0.25, 0.3) is 0 Å². The van der Waals surface area contributed by atoms with Crippen molar-refractivity contribution < 1.29 is 14.6 Å². The van der Waals surface area contributed by atoms with E-state index in [9.17, 15) is 9.90 Å². The van der Waals surface area contributed by atoms with E-state index in [1.807, 2.05) is 0 Å². The van der Waals surface area contributed by atoms with E-state index in [2.05, 4.69) is 10.2 Å². The topological polar surface area (TPSA) is 71.2 Å². The van der Waals surface area contributed by atoms with E-state index in [1.54, 1.807) is 31.2 Å². The Balaban J connectivity index is 2.88. The number of carbonyl (C=O) groups is 1. The van der Waals surface area contributed by atoms with Gasteiger partial charge in [0.05, 0.1) is 12.3 Å². The average Bonchev–Trinajstić information content (AvgIpc) is 2.31. The molecule has 0 unspecified atom stereocenters. The molecule has 5 nitrogen and oxygen atoms in total. The summed E-state index contributed by atoms with van der Waals surface area (Å²) in [4.78, 5) is 11.4. The number of aliphatic hydroxyl groups excluding tert-OH is 1. The Labute approximate surface area is 110 Å². The number of ether oxygens (including phenoxy) is 1. The molecule has 0 radical (unpaired) electrons. The van der Waals surface area contributed by atoms with Gasteiger partial charge in [0, 0.05) is 5.02 Å². The van der Waals surface area contributed by atoms with Crippen LogP contribution < -0.4 is 0 Å². The van der Waals surface area contributed by atoms with Crippen molar-refractivity contribution >= 4 is 23.3 Å². The van der Waals surface area contributed by atoms with Gasteiger partial charge in [0.25, 0.3) is 0 Å². The summed E-state index contributed by atoms with van der Waals surface area (Å²) in [5.74, 6) is -0.957. The van der Waals surface area contributed by atoms with E-state index in [4.69, 9.17) is 16.3 Å². The third-order valence-corrected chi connectivity index (χ3v) is 2.16. The Morgan fingerprint density at radius 1 is 1.39 bits per heavy atom. The van der Waals surface area contributed by atoms with Crippen molar-refractivity contribution in [2.45, 2.75) is 13.8 Å². The van der Waals surface area contributed by atoms with Gasteiger partial charge >= 0.3 is 5.97 Å². The molecule has 6 heteroatoms. The molecule has 0 saturated carbocycles. The summed E-state index contributed by atoms with van der Waals surface area (Å²) >= 11 is 5.72. The lowest BCUT2D eigenvalue weighted by molar-refractivity contribution is -0.138. The van der Waals surface area contributed by atoms with Gasteiger partial charge in [0.15, 0.2) is 0 Å². The second-order valence-electron chi connectivity index (χ2n) is 3.33. The Kier molecular flexibility index (Phi) is 5.32. The molecule has 0 heterocycles. The van der Waals surface area contributed by atoms with Crippen molar-refractivity contribution in [1.82, 2.24) is 0 Å². The molecule has 0 bridgehead atoms. The maximum atomic E-state index is 11.4. The molecule has 1 aromatic carbocycles. The van der Waals surface area contributed by atoms with Crippen LogP contribution in [0.2, 0.25) is 5.02 Å². The van der Waals surface area contributed by atoms with Crippen molar-refractivity contribution in [3.05, 3.63) is 40.7 Å². The quantitative estimate of drug-likeness (QED) is 0.391. The summed E-state index contributed by atoms with van der Waals surface area (Å²) in [6.45, 7) is 3.21. The van der Waals surface area contributed by atoms with Crippen LogP contribution in [-0.4, -0.2) is 17.7 Å². The van der Waals surface area contributed by atoms with Crippen LogP contribution in [0.3, 0.4) is 0 Å². The number of rotatable bonds is 4. The highest BCUT2D eigenvalue weighted by atomic mass is 35.5. The Bertz CT molecular complexity index is 477. The van der Waals surface area contributed by atoms with Crippen molar-refractivity contribution in [1.29, 1.82) is 0 Å². The van der Waals surface area contributed by atoms with Gasteiger partial charge in [-0.2, -0.15) is 5.11 Å². The first-order chi connectivity index (χ1) is 8.54. The number of allylic oxidation sites excluding steroid dienone is 1. The molecule has 0 aliphatic rings. The first kappa shape index (κ1) is 14.2. The highest BCUT2D eigenvalue weighted by molar-refractivity contribution is 6.30. The predicted molar refractivity (Wildman–Crippen MR) is 67.9 cm³/mol. The van der Waals surface area contributed by atoms with Crippen LogP contribution in [0.1, 0.15) is 13.8 Å². The van der Waals surface area contributed by atoms with Crippen LogP contribution in [-0.2, 0) is 9.53 Å². The molecule has 0 aliphatic heterocycles. The number of benzene rings is 1. The van der Waals surface area contributed by atoms with E-state index in [1.165, 1.54) is 6.92 Å². The van der Waals surface area contributed by atoms with Crippen LogP contribution in [0.5, 0.6) is 0 Å². The fourth-order valence-electron chi connectivity index (χ4n) is 1.08. The van der Waals surface area contributed by atoms with Gasteiger partial charge < -0.3 is 9.84 Å². The lowest BCUT2D eigenvalue weighted by Gasteiger charge is -2.01. The monoisotopic (exact) mass is 268 g/mol. The molecule has 0 aromatic heterocycles. The molecule has 0 saturated heterocycles. The third kappa shape index (κ3) is 4.18. The smallest absolute Gasteiger partial charge is 0.362 e. The van der Waals surface area contributed by atoms with Gasteiger partial charge in [-0.05, 0) is 38.1 Å². The van der Waals surface area contributed by atoms with Gasteiger partial charge in [0.1, 0.15) is 5.76 Å². The minimum Gasteiger partial charge on any atom is -0.510 e. The first-order valence-electron chi connectivity index (χ1n) is 5.29. The number of aliphatic hydroxyl groups is 1. The van der Waals surface area contributed by atoms with E-state index < -0.39 is 5.97 Å². The number of halogens is 1. The second-order valence-corrected chi connectivity index (χ2v) is 3.77. The molecule has 0 spiro atoms. The fourth-order valence-corrected chi connectivity index (χ4v) is 1.20. The van der Waals surface area contributed by atoms with Gasteiger partial charge in [-0.25, -0.2) is 4.79 Å². The summed E-state index contributed by atoms with van der Waals surface area (Å²) < 4.78 is 4.74. The predicted octanol–water partition coefficient (Wildman–Crippen LogP) is 3.78. The molecule has 0 fully saturated rings. The lowest BCUT2D eigenvalue weighted by Crippen LogP contribution is -2.07. The van der Waals surface area contributed by atoms with E-state index in [0.29, 0.717) is 10.7 Å². The lowest BCUT2D eigenvalue weighted by atomic mass is 10.3. The Morgan fingerprint density at radius 3 is 2.50 bits per heavy atom. The van der Waals surface area contributed by atoms with Gasteiger partial charge in [-0.1, -0.05) is 11.6 Å². The van der Waals surface area contributed by atoms with Gasteiger partial charge in [0.2, 0.25) is 5.70 Å². The molecule has 0 aliphatic carbocycles. The minimum absolute atomic E-state index is 0.200. The summed E-state index contributed by atoms with van der Waals surface area (Å²) in [6.07, 6.45) is 0. The zero-order valence-corrected chi connectivity index (χ0v) is 10.8. The van der Waals surface area contributed by atoms with Crippen LogP contribution >= 0.6 is 11.6 Å². The molecular weight excluding hydrogens is 256 g/mol. The first-order valence-corrected chi connectivity index (χ1v) is 5.66. The van der Waals surface area contributed by atoms with Crippen molar-refractivity contribution in [3.8, 4) is 0 Å². The van der Waals surface area contributed by atoms with Crippen molar-refractivity contribution in [2.24, 2.45) is 10.2 Å². The molecule has 1 rings (SSSR count). The normalized spacial score (nSPS) is 12.4. The zero-order valence-electron chi connectivity index (χ0n) is 10.1. The van der Waals surface area contributed by atoms with Gasteiger partial charge in [-0.15, -0.1) is 5.11 Å².